The van der Waals surface area contributed by atoms with E-state index in [-0.39, 0.29) is 5.56 Å². The van der Waals surface area contributed by atoms with Crippen molar-refractivity contribution in [2.45, 2.75) is 12.5 Å². The number of carbonyl (C=O) groups is 1. The molecule has 0 saturated heterocycles. The highest BCUT2D eigenvalue weighted by atomic mass is 19.4. The quantitative estimate of drug-likeness (QED) is 0.868. The number of benzene rings is 1. The van der Waals surface area contributed by atoms with E-state index in [9.17, 15) is 31.1 Å². The number of halogens is 6. The molecule has 0 saturated carbocycles. The Balaban J connectivity index is 2.63. The molecule has 0 aliphatic rings. The Kier molecular flexibility index (Phi) is 4.28. The summed E-state index contributed by atoms with van der Waals surface area (Å²) in [6, 6.07) is 3.51. The van der Waals surface area contributed by atoms with E-state index in [0.29, 0.717) is 0 Å². The van der Waals surface area contributed by atoms with Crippen molar-refractivity contribution in [3.63, 3.8) is 0 Å². The first kappa shape index (κ1) is 15.1. The van der Waals surface area contributed by atoms with Gasteiger partial charge < -0.3 is 10.1 Å². The summed E-state index contributed by atoms with van der Waals surface area (Å²) in [5, 5.41) is 1.58. The predicted octanol–water partition coefficient (Wildman–Crippen LogP) is 2.88. The van der Waals surface area contributed by atoms with E-state index in [4.69, 9.17) is 0 Å². The molecule has 1 rings (SSSR count). The van der Waals surface area contributed by atoms with Crippen molar-refractivity contribution in [3.8, 4) is 5.75 Å². The fourth-order valence-electron chi connectivity index (χ4n) is 1.09. The summed E-state index contributed by atoms with van der Waals surface area (Å²) in [5.41, 5.74) is -0.209. The second-order valence-corrected chi connectivity index (χ2v) is 3.37. The number of ether oxygens (including phenoxy) is 1. The highest BCUT2D eigenvalue weighted by Crippen LogP contribution is 2.22. The first-order valence-corrected chi connectivity index (χ1v) is 4.77. The molecule has 0 aromatic heterocycles. The average Bonchev–Trinajstić information content (AvgIpc) is 2.23. The first-order valence-electron chi connectivity index (χ1n) is 4.77. The van der Waals surface area contributed by atoms with E-state index < -0.39 is 30.7 Å². The Bertz CT molecular complexity index is 437. The van der Waals surface area contributed by atoms with Crippen LogP contribution in [0.15, 0.2) is 24.3 Å². The lowest BCUT2D eigenvalue weighted by atomic mass is 10.2. The summed E-state index contributed by atoms with van der Waals surface area (Å²) < 4.78 is 74.5. The van der Waals surface area contributed by atoms with Gasteiger partial charge in [0.05, 0.1) is 0 Å². The summed E-state index contributed by atoms with van der Waals surface area (Å²) in [4.78, 5) is 11.2. The van der Waals surface area contributed by atoms with Crippen LogP contribution in [0.5, 0.6) is 5.75 Å². The Morgan fingerprint density at radius 1 is 1.05 bits per heavy atom. The lowest BCUT2D eigenvalue weighted by molar-refractivity contribution is -0.274. The van der Waals surface area contributed by atoms with Gasteiger partial charge in [0.1, 0.15) is 12.3 Å². The van der Waals surface area contributed by atoms with Gasteiger partial charge in [0.25, 0.3) is 5.91 Å². The normalized spacial score (nSPS) is 12.1. The Hall–Kier alpha value is -1.93. The molecule has 0 spiro atoms. The molecule has 1 aromatic carbocycles. The first-order chi connectivity index (χ1) is 8.57. The number of alkyl halides is 6. The summed E-state index contributed by atoms with van der Waals surface area (Å²) in [6.45, 7) is -1.52. The zero-order valence-electron chi connectivity index (χ0n) is 9.10. The summed E-state index contributed by atoms with van der Waals surface area (Å²) in [7, 11) is 0. The van der Waals surface area contributed by atoms with Gasteiger partial charge in [-0.2, -0.15) is 13.2 Å². The third kappa shape index (κ3) is 5.98. The standard InChI is InChI=1S/C10H7F6NO2/c11-9(12,13)5-17-8(18)6-1-3-7(4-2-6)19-10(14,15)16/h1-4H,5H2,(H,17,18). The van der Waals surface area contributed by atoms with Gasteiger partial charge in [-0.3, -0.25) is 4.79 Å². The molecule has 1 aromatic rings. The highest BCUT2D eigenvalue weighted by Gasteiger charge is 2.31. The monoisotopic (exact) mass is 287 g/mol. The Labute approximate surface area is 103 Å². The van der Waals surface area contributed by atoms with Crippen molar-refractivity contribution in [1.82, 2.24) is 5.32 Å². The molecule has 0 radical (unpaired) electrons. The molecule has 0 aliphatic carbocycles. The maximum atomic E-state index is 11.8. The zero-order chi connectivity index (χ0) is 14.7. The van der Waals surface area contributed by atoms with Gasteiger partial charge in [0, 0.05) is 5.56 Å². The Morgan fingerprint density at radius 3 is 2.00 bits per heavy atom. The van der Waals surface area contributed by atoms with E-state index in [1.54, 1.807) is 5.32 Å². The number of amides is 1. The van der Waals surface area contributed by atoms with Gasteiger partial charge >= 0.3 is 12.5 Å². The van der Waals surface area contributed by atoms with Crippen LogP contribution >= 0.6 is 0 Å². The smallest absolute Gasteiger partial charge is 0.406 e. The van der Waals surface area contributed by atoms with Crippen LogP contribution in [-0.4, -0.2) is 25.0 Å². The van der Waals surface area contributed by atoms with Crippen molar-refractivity contribution < 1.29 is 35.9 Å². The summed E-state index contributed by atoms with van der Waals surface area (Å²) in [6.07, 6.45) is -9.44. The van der Waals surface area contributed by atoms with Crippen LogP contribution in [0.25, 0.3) is 0 Å². The molecule has 0 aliphatic heterocycles. The van der Waals surface area contributed by atoms with Crippen LogP contribution in [0.4, 0.5) is 26.3 Å². The fourth-order valence-corrected chi connectivity index (χ4v) is 1.09. The lowest BCUT2D eigenvalue weighted by Gasteiger charge is -2.10. The van der Waals surface area contributed by atoms with Crippen LogP contribution < -0.4 is 10.1 Å². The third-order valence-electron chi connectivity index (χ3n) is 1.80. The fraction of sp³-hybridized carbons (Fsp3) is 0.300. The lowest BCUT2D eigenvalue weighted by Crippen LogP contribution is -2.33. The van der Waals surface area contributed by atoms with Crippen molar-refractivity contribution in [1.29, 1.82) is 0 Å². The molecule has 0 unspecified atom stereocenters. The van der Waals surface area contributed by atoms with Crippen molar-refractivity contribution in [3.05, 3.63) is 29.8 Å². The van der Waals surface area contributed by atoms with E-state index >= 15 is 0 Å². The maximum absolute atomic E-state index is 11.8. The van der Waals surface area contributed by atoms with Crippen molar-refractivity contribution >= 4 is 5.91 Å². The van der Waals surface area contributed by atoms with E-state index in [2.05, 4.69) is 4.74 Å². The van der Waals surface area contributed by atoms with Crippen LogP contribution in [0.2, 0.25) is 0 Å². The molecule has 0 fully saturated rings. The maximum Gasteiger partial charge on any atom is 0.573 e. The number of hydrogen-bond donors (Lipinski definition) is 1. The molecular weight excluding hydrogens is 280 g/mol. The molecule has 3 nitrogen and oxygen atoms in total. The van der Waals surface area contributed by atoms with E-state index in [0.717, 1.165) is 24.3 Å². The summed E-state index contributed by atoms with van der Waals surface area (Å²) >= 11 is 0. The Morgan fingerprint density at radius 2 is 1.58 bits per heavy atom. The van der Waals surface area contributed by atoms with Gasteiger partial charge in [-0.15, -0.1) is 13.2 Å². The van der Waals surface area contributed by atoms with Crippen LogP contribution in [0.3, 0.4) is 0 Å². The zero-order valence-corrected chi connectivity index (χ0v) is 9.10. The number of nitrogens with one attached hydrogen (secondary N) is 1. The predicted molar refractivity (Wildman–Crippen MR) is 51.5 cm³/mol. The van der Waals surface area contributed by atoms with Crippen LogP contribution in [0, 0.1) is 0 Å². The topological polar surface area (TPSA) is 38.3 Å². The van der Waals surface area contributed by atoms with E-state index in [1.807, 2.05) is 0 Å². The molecule has 9 heteroatoms. The minimum Gasteiger partial charge on any atom is -0.406 e. The molecule has 0 bridgehead atoms. The van der Waals surface area contributed by atoms with Gasteiger partial charge in [0.15, 0.2) is 0 Å². The number of rotatable bonds is 3. The minimum absolute atomic E-state index is 0.209. The minimum atomic E-state index is -4.87. The third-order valence-corrected chi connectivity index (χ3v) is 1.80. The molecule has 106 valence electrons. The average molecular weight is 287 g/mol. The van der Waals surface area contributed by atoms with Gasteiger partial charge in [-0.25, -0.2) is 0 Å². The van der Waals surface area contributed by atoms with Crippen molar-refractivity contribution in [2.75, 3.05) is 6.54 Å². The second-order valence-electron chi connectivity index (χ2n) is 3.37. The molecule has 0 atom stereocenters. The second kappa shape index (κ2) is 5.37. The molecule has 0 heterocycles. The van der Waals surface area contributed by atoms with Crippen molar-refractivity contribution in [2.24, 2.45) is 0 Å². The number of carbonyl (C=O) groups excluding carboxylic acids is 1. The molecule has 1 N–H and O–H groups in total. The summed E-state index contributed by atoms with van der Waals surface area (Å²) in [5.74, 6) is -1.62. The van der Waals surface area contributed by atoms with Gasteiger partial charge in [-0.1, -0.05) is 0 Å². The largest absolute Gasteiger partial charge is 0.573 e. The molecule has 19 heavy (non-hydrogen) atoms. The van der Waals surface area contributed by atoms with Gasteiger partial charge in [0.2, 0.25) is 0 Å². The van der Waals surface area contributed by atoms with Crippen LogP contribution in [0.1, 0.15) is 10.4 Å². The number of hydrogen-bond acceptors (Lipinski definition) is 2. The van der Waals surface area contributed by atoms with E-state index in [1.165, 1.54) is 0 Å². The SMILES string of the molecule is O=C(NCC(F)(F)F)c1ccc(OC(F)(F)F)cc1. The molecule has 1 amide bonds. The van der Waals surface area contributed by atoms with Gasteiger partial charge in [-0.05, 0) is 24.3 Å². The van der Waals surface area contributed by atoms with Crippen LogP contribution in [-0.2, 0) is 0 Å². The highest BCUT2D eigenvalue weighted by molar-refractivity contribution is 5.94. The molecular formula is C10H7F6NO2.